The number of nitrogens with zero attached hydrogens (tertiary/aromatic N) is 1. The molecule has 2 aliphatic heterocycles. The molecule has 1 saturated heterocycles. The summed E-state index contributed by atoms with van der Waals surface area (Å²) in [5.74, 6) is -1.29. The largest absolute Gasteiger partial charge is 0.351 e. The van der Waals surface area contributed by atoms with Gasteiger partial charge < -0.3 is 10.6 Å². The van der Waals surface area contributed by atoms with Crippen LogP contribution in [0.25, 0.3) is 0 Å². The second-order valence-electron chi connectivity index (χ2n) is 8.25. The first kappa shape index (κ1) is 22.2. The van der Waals surface area contributed by atoms with E-state index in [1.54, 1.807) is 6.07 Å². The molecule has 0 saturated carbocycles. The molecule has 2 aromatic rings. The fourth-order valence-corrected chi connectivity index (χ4v) is 4.03. The molecule has 2 aliphatic rings. The number of anilines is 1. The summed E-state index contributed by atoms with van der Waals surface area (Å²) >= 11 is 0. The molecule has 2 aromatic carbocycles. The van der Waals surface area contributed by atoms with Crippen LogP contribution in [0.5, 0.6) is 0 Å². The van der Waals surface area contributed by atoms with Crippen molar-refractivity contribution < 1.29 is 19.2 Å². The number of aryl methyl sites for hydroxylation is 1. The van der Waals surface area contributed by atoms with Crippen molar-refractivity contribution in [2.75, 3.05) is 5.32 Å². The van der Waals surface area contributed by atoms with Crippen LogP contribution in [0.1, 0.15) is 30.4 Å². The topological polar surface area (TPSA) is 95.6 Å². The highest BCUT2D eigenvalue weighted by atomic mass is 16.2. The number of carbonyl (C=O) groups is 4. The Morgan fingerprint density at radius 2 is 1.82 bits per heavy atom. The predicted octanol–water partition coefficient (Wildman–Crippen LogP) is 2.89. The van der Waals surface area contributed by atoms with Gasteiger partial charge in [-0.25, -0.2) is 0 Å². The molecular formula is C26H25N3O4. The molecule has 0 aliphatic carbocycles. The molecule has 1 unspecified atom stereocenters. The Bertz CT molecular complexity index is 1150. The smallest absolute Gasteiger partial charge is 0.278 e. The zero-order chi connectivity index (χ0) is 23.4. The molecular weight excluding hydrogens is 418 g/mol. The highest BCUT2D eigenvalue weighted by Gasteiger charge is 2.41. The van der Waals surface area contributed by atoms with E-state index in [1.165, 1.54) is 6.08 Å². The monoisotopic (exact) mass is 443 g/mol. The van der Waals surface area contributed by atoms with Crippen molar-refractivity contribution in [2.24, 2.45) is 0 Å². The van der Waals surface area contributed by atoms with Crippen LogP contribution in [-0.2, 0) is 32.0 Å². The van der Waals surface area contributed by atoms with Gasteiger partial charge in [0.2, 0.25) is 5.91 Å². The number of ketones is 1. The number of hydrogen-bond donors (Lipinski definition) is 2. The molecule has 0 bridgehead atoms. The Hall–Kier alpha value is -4.00. The van der Waals surface area contributed by atoms with E-state index in [2.05, 4.69) is 17.2 Å². The van der Waals surface area contributed by atoms with E-state index in [4.69, 9.17) is 0 Å². The average Bonchev–Trinajstić information content (AvgIpc) is 3.06. The molecule has 0 aromatic heterocycles. The first-order chi connectivity index (χ1) is 15.9. The number of allylic oxidation sites excluding steroid dienone is 1. The maximum Gasteiger partial charge on any atom is 0.278 e. The molecule has 33 heavy (non-hydrogen) atoms. The number of benzene rings is 2. The third-order valence-electron chi connectivity index (χ3n) is 5.73. The minimum atomic E-state index is -0.840. The van der Waals surface area contributed by atoms with Gasteiger partial charge in [0.1, 0.15) is 17.5 Å². The summed E-state index contributed by atoms with van der Waals surface area (Å²) in [6.45, 7) is 3.72. The number of rotatable bonds is 8. The van der Waals surface area contributed by atoms with Gasteiger partial charge in [-0.15, -0.1) is 0 Å². The van der Waals surface area contributed by atoms with Crippen LogP contribution in [0.4, 0.5) is 5.69 Å². The fourth-order valence-electron chi connectivity index (χ4n) is 4.03. The number of amides is 3. The first-order valence-electron chi connectivity index (χ1n) is 10.9. The van der Waals surface area contributed by atoms with Gasteiger partial charge in [-0.3, -0.25) is 24.1 Å². The Morgan fingerprint density at radius 3 is 2.58 bits per heavy atom. The number of imide groups is 1. The molecule has 4 rings (SSSR count). The quantitative estimate of drug-likeness (QED) is 0.612. The number of carbonyl (C=O) groups excluding carboxylic acids is 4. The van der Waals surface area contributed by atoms with E-state index in [9.17, 15) is 19.2 Å². The van der Waals surface area contributed by atoms with Gasteiger partial charge in [-0.05, 0) is 42.5 Å². The van der Waals surface area contributed by atoms with E-state index < -0.39 is 23.8 Å². The van der Waals surface area contributed by atoms with Crippen molar-refractivity contribution in [3.05, 3.63) is 89.8 Å². The van der Waals surface area contributed by atoms with Crippen molar-refractivity contribution >= 4 is 29.2 Å². The standard InChI is InChI=1S/C26H25N3O4/c1-17-10-13-23(25(32)27-17)29-24(31)16-22(26(29)33)28-20-9-5-8-19(14-20)11-12-21(30)15-18-6-3-2-4-7-18/h2-9,14,16,23,28H,1,10-13,15H2,(H,27,32). The van der Waals surface area contributed by atoms with Gasteiger partial charge in [0.05, 0.1) is 0 Å². The van der Waals surface area contributed by atoms with Crippen LogP contribution < -0.4 is 10.6 Å². The summed E-state index contributed by atoms with van der Waals surface area (Å²) in [6, 6.07) is 16.2. The lowest BCUT2D eigenvalue weighted by Crippen LogP contribution is -2.52. The molecule has 7 nitrogen and oxygen atoms in total. The molecule has 0 radical (unpaired) electrons. The molecule has 2 heterocycles. The zero-order valence-corrected chi connectivity index (χ0v) is 18.2. The highest BCUT2D eigenvalue weighted by molar-refractivity contribution is 6.19. The summed E-state index contributed by atoms with van der Waals surface area (Å²) < 4.78 is 0. The lowest BCUT2D eigenvalue weighted by Gasteiger charge is -2.29. The zero-order valence-electron chi connectivity index (χ0n) is 18.2. The van der Waals surface area contributed by atoms with E-state index in [1.807, 2.05) is 48.5 Å². The third kappa shape index (κ3) is 5.26. The van der Waals surface area contributed by atoms with Crippen LogP contribution in [-0.4, -0.2) is 34.4 Å². The Labute approximate surface area is 192 Å². The Morgan fingerprint density at radius 1 is 1.06 bits per heavy atom. The van der Waals surface area contributed by atoms with E-state index in [0.717, 1.165) is 16.0 Å². The highest BCUT2D eigenvalue weighted by Crippen LogP contribution is 2.24. The van der Waals surface area contributed by atoms with Crippen molar-refractivity contribution in [1.29, 1.82) is 0 Å². The number of hydrogen-bond acceptors (Lipinski definition) is 5. The molecule has 2 N–H and O–H groups in total. The van der Waals surface area contributed by atoms with Crippen LogP contribution in [0.3, 0.4) is 0 Å². The number of nitrogens with one attached hydrogen (secondary N) is 2. The van der Waals surface area contributed by atoms with Crippen molar-refractivity contribution in [3.8, 4) is 0 Å². The SMILES string of the molecule is C=C1CCC(N2C(=O)C=C(Nc3cccc(CCC(=O)Cc4ccccc4)c3)C2=O)C(=O)N1. The van der Waals surface area contributed by atoms with Crippen LogP contribution in [0, 0.1) is 0 Å². The van der Waals surface area contributed by atoms with Gasteiger partial charge in [-0.2, -0.15) is 0 Å². The minimum Gasteiger partial charge on any atom is -0.351 e. The molecule has 1 atom stereocenters. The Kier molecular flexibility index (Phi) is 6.49. The maximum atomic E-state index is 12.8. The first-order valence-corrected chi connectivity index (χ1v) is 10.9. The molecule has 168 valence electrons. The summed E-state index contributed by atoms with van der Waals surface area (Å²) in [5.41, 5.74) is 3.28. The lowest BCUT2D eigenvalue weighted by molar-refractivity contribution is -0.146. The average molecular weight is 444 g/mol. The minimum absolute atomic E-state index is 0.120. The second kappa shape index (κ2) is 9.65. The fraction of sp³-hybridized carbons (Fsp3) is 0.231. The lowest BCUT2D eigenvalue weighted by atomic mass is 10.0. The van der Waals surface area contributed by atoms with E-state index in [0.29, 0.717) is 43.5 Å². The van der Waals surface area contributed by atoms with Crippen LogP contribution in [0.15, 0.2) is 78.6 Å². The summed E-state index contributed by atoms with van der Waals surface area (Å²) in [6.07, 6.45) is 3.48. The van der Waals surface area contributed by atoms with E-state index in [-0.39, 0.29) is 11.5 Å². The number of Topliss-reactive ketones (excluding diaryl/α,β-unsaturated/α-hetero) is 1. The van der Waals surface area contributed by atoms with Crippen LogP contribution in [0.2, 0.25) is 0 Å². The van der Waals surface area contributed by atoms with Gasteiger partial charge in [-0.1, -0.05) is 49.0 Å². The molecule has 7 heteroatoms. The van der Waals surface area contributed by atoms with Gasteiger partial charge in [0.25, 0.3) is 11.8 Å². The normalized spacial score (nSPS) is 18.2. The molecule has 3 amide bonds. The molecule has 1 fully saturated rings. The van der Waals surface area contributed by atoms with Gasteiger partial charge >= 0.3 is 0 Å². The summed E-state index contributed by atoms with van der Waals surface area (Å²) in [5, 5.41) is 5.60. The predicted molar refractivity (Wildman–Crippen MR) is 124 cm³/mol. The Balaban J connectivity index is 1.36. The summed E-state index contributed by atoms with van der Waals surface area (Å²) in [4.78, 5) is 50.9. The van der Waals surface area contributed by atoms with Crippen molar-refractivity contribution in [1.82, 2.24) is 10.2 Å². The van der Waals surface area contributed by atoms with Crippen molar-refractivity contribution in [3.63, 3.8) is 0 Å². The number of piperidine rings is 1. The summed E-state index contributed by atoms with van der Waals surface area (Å²) in [7, 11) is 0. The molecule has 0 spiro atoms. The van der Waals surface area contributed by atoms with Gasteiger partial charge in [0, 0.05) is 30.3 Å². The van der Waals surface area contributed by atoms with Crippen LogP contribution >= 0.6 is 0 Å². The third-order valence-corrected chi connectivity index (χ3v) is 5.73. The van der Waals surface area contributed by atoms with E-state index >= 15 is 0 Å². The van der Waals surface area contributed by atoms with Crippen molar-refractivity contribution in [2.45, 2.75) is 38.1 Å². The van der Waals surface area contributed by atoms with Gasteiger partial charge in [0.15, 0.2) is 0 Å². The second-order valence-corrected chi connectivity index (χ2v) is 8.25. The maximum absolute atomic E-state index is 12.8.